The maximum absolute atomic E-state index is 13.1. The van der Waals surface area contributed by atoms with Gasteiger partial charge in [0.1, 0.15) is 11.4 Å². The van der Waals surface area contributed by atoms with Crippen LogP contribution in [0.1, 0.15) is 37.7 Å². The number of rotatable bonds is 4. The number of furan rings is 1. The lowest BCUT2D eigenvalue weighted by Gasteiger charge is -2.25. The van der Waals surface area contributed by atoms with Crippen LogP contribution in [0.4, 0.5) is 4.39 Å². The first-order chi connectivity index (χ1) is 9.78. The molecule has 21 heavy (non-hydrogen) atoms. The number of halogens is 1. The maximum Gasteiger partial charge on any atom is 0.287 e. The number of benzene rings is 1. The van der Waals surface area contributed by atoms with Crippen molar-refractivity contribution in [2.24, 2.45) is 5.41 Å². The number of hydrogen-bond acceptors (Lipinski definition) is 3. The van der Waals surface area contributed by atoms with Gasteiger partial charge in [0.2, 0.25) is 0 Å². The number of aliphatic hydroxyl groups is 1. The minimum atomic E-state index is -0.407. The molecule has 0 saturated carbocycles. The normalized spacial score (nSPS) is 13.4. The number of nitrogens with one attached hydrogen (secondary N) is 1. The molecule has 0 aliphatic carbocycles. The zero-order valence-corrected chi connectivity index (χ0v) is 12.4. The molecule has 1 aromatic heterocycles. The molecule has 0 spiro atoms. The molecule has 1 aromatic carbocycles. The van der Waals surface area contributed by atoms with E-state index in [2.05, 4.69) is 5.32 Å². The molecule has 1 atom stereocenters. The Bertz CT molecular complexity index is 642. The van der Waals surface area contributed by atoms with E-state index in [0.29, 0.717) is 17.4 Å². The third-order valence-corrected chi connectivity index (χ3v) is 3.12. The van der Waals surface area contributed by atoms with Gasteiger partial charge in [0.25, 0.3) is 5.91 Å². The van der Waals surface area contributed by atoms with Gasteiger partial charge in [0, 0.05) is 5.39 Å². The van der Waals surface area contributed by atoms with E-state index in [9.17, 15) is 14.3 Å². The van der Waals surface area contributed by atoms with Crippen LogP contribution in [0.25, 0.3) is 11.0 Å². The Morgan fingerprint density at radius 1 is 1.38 bits per heavy atom. The van der Waals surface area contributed by atoms with Gasteiger partial charge in [-0.1, -0.05) is 20.8 Å². The molecule has 0 radical (unpaired) electrons. The van der Waals surface area contributed by atoms with Gasteiger partial charge in [-0.05, 0) is 36.1 Å². The van der Waals surface area contributed by atoms with Crippen LogP contribution in [0, 0.1) is 11.2 Å². The Balaban J connectivity index is 2.14. The molecule has 2 rings (SSSR count). The van der Waals surface area contributed by atoms with Crippen LogP contribution in [-0.4, -0.2) is 23.7 Å². The molecule has 0 aliphatic rings. The summed E-state index contributed by atoms with van der Waals surface area (Å²) in [6, 6.07) is 5.24. The highest BCUT2D eigenvalue weighted by molar-refractivity contribution is 5.96. The lowest BCUT2D eigenvalue weighted by Crippen LogP contribution is -2.39. The monoisotopic (exact) mass is 293 g/mol. The zero-order valence-electron chi connectivity index (χ0n) is 12.4. The summed E-state index contributed by atoms with van der Waals surface area (Å²) in [5.41, 5.74) is 0.440. The second-order valence-corrected chi connectivity index (χ2v) is 6.41. The van der Waals surface area contributed by atoms with Gasteiger partial charge in [-0.3, -0.25) is 4.79 Å². The smallest absolute Gasteiger partial charge is 0.287 e. The van der Waals surface area contributed by atoms with Gasteiger partial charge in [-0.2, -0.15) is 0 Å². The fraction of sp³-hybridized carbons (Fsp3) is 0.438. The van der Waals surface area contributed by atoms with Crippen molar-refractivity contribution in [3.63, 3.8) is 0 Å². The van der Waals surface area contributed by atoms with Crippen molar-refractivity contribution in [1.82, 2.24) is 5.32 Å². The molecule has 0 bridgehead atoms. The Hall–Kier alpha value is -1.88. The van der Waals surface area contributed by atoms with E-state index in [1.807, 2.05) is 20.8 Å². The lowest BCUT2D eigenvalue weighted by atomic mass is 9.88. The second-order valence-electron chi connectivity index (χ2n) is 6.41. The molecule has 1 amide bonds. The largest absolute Gasteiger partial charge is 0.451 e. The molecular formula is C16H20FNO3. The third kappa shape index (κ3) is 4.04. The standard InChI is InChI=1S/C16H20FNO3/c1-16(2,3)8-12(9-19)18-15(20)14-7-10-6-11(17)4-5-13(10)21-14/h4-7,12,19H,8-9H2,1-3H3,(H,18,20). The zero-order chi connectivity index (χ0) is 15.6. The summed E-state index contributed by atoms with van der Waals surface area (Å²) in [7, 11) is 0. The Labute approximate surface area is 122 Å². The van der Waals surface area contributed by atoms with Crippen molar-refractivity contribution in [2.45, 2.75) is 33.2 Å². The number of hydrogen-bond donors (Lipinski definition) is 2. The fourth-order valence-corrected chi connectivity index (χ4v) is 2.28. The van der Waals surface area contributed by atoms with Crippen molar-refractivity contribution < 1.29 is 18.7 Å². The van der Waals surface area contributed by atoms with Crippen molar-refractivity contribution in [1.29, 1.82) is 0 Å². The fourth-order valence-electron chi connectivity index (χ4n) is 2.28. The van der Waals surface area contributed by atoms with Gasteiger partial charge in [-0.15, -0.1) is 0 Å². The van der Waals surface area contributed by atoms with Gasteiger partial charge >= 0.3 is 0 Å². The highest BCUT2D eigenvalue weighted by Crippen LogP contribution is 2.22. The number of carbonyl (C=O) groups excluding carboxylic acids is 1. The summed E-state index contributed by atoms with van der Waals surface area (Å²) in [5.74, 6) is -0.672. The van der Waals surface area contributed by atoms with E-state index in [-0.39, 0.29) is 29.6 Å². The third-order valence-electron chi connectivity index (χ3n) is 3.12. The van der Waals surface area contributed by atoms with Crippen LogP contribution in [0.2, 0.25) is 0 Å². The molecule has 2 aromatic rings. The van der Waals surface area contributed by atoms with Crippen molar-refractivity contribution in [2.75, 3.05) is 6.61 Å². The highest BCUT2D eigenvalue weighted by atomic mass is 19.1. The minimum absolute atomic E-state index is 0.0162. The Kier molecular flexibility index (Phi) is 4.32. The van der Waals surface area contributed by atoms with E-state index in [4.69, 9.17) is 4.42 Å². The lowest BCUT2D eigenvalue weighted by molar-refractivity contribution is 0.0872. The van der Waals surface area contributed by atoms with Gasteiger partial charge in [0.15, 0.2) is 5.76 Å². The Morgan fingerprint density at radius 2 is 2.10 bits per heavy atom. The van der Waals surface area contributed by atoms with Crippen molar-refractivity contribution in [3.05, 3.63) is 35.8 Å². The van der Waals surface area contributed by atoms with E-state index in [1.54, 1.807) is 0 Å². The summed E-state index contributed by atoms with van der Waals surface area (Å²) < 4.78 is 18.5. The van der Waals surface area contributed by atoms with E-state index in [1.165, 1.54) is 24.3 Å². The average Bonchev–Trinajstić information content (AvgIpc) is 2.79. The Morgan fingerprint density at radius 3 is 2.71 bits per heavy atom. The number of aliphatic hydroxyl groups excluding tert-OH is 1. The van der Waals surface area contributed by atoms with Crippen LogP contribution < -0.4 is 5.32 Å². The molecule has 1 unspecified atom stereocenters. The van der Waals surface area contributed by atoms with Crippen LogP contribution in [-0.2, 0) is 0 Å². The van der Waals surface area contributed by atoms with Gasteiger partial charge in [-0.25, -0.2) is 4.39 Å². The molecule has 5 heteroatoms. The average molecular weight is 293 g/mol. The van der Waals surface area contributed by atoms with Crippen LogP contribution in [0.15, 0.2) is 28.7 Å². The van der Waals surface area contributed by atoms with Crippen molar-refractivity contribution >= 4 is 16.9 Å². The molecule has 114 valence electrons. The van der Waals surface area contributed by atoms with E-state index in [0.717, 1.165) is 0 Å². The van der Waals surface area contributed by atoms with E-state index >= 15 is 0 Å². The first-order valence-electron chi connectivity index (χ1n) is 6.89. The highest BCUT2D eigenvalue weighted by Gasteiger charge is 2.22. The molecular weight excluding hydrogens is 273 g/mol. The van der Waals surface area contributed by atoms with Gasteiger partial charge in [0.05, 0.1) is 12.6 Å². The molecule has 2 N–H and O–H groups in total. The number of carbonyl (C=O) groups is 1. The predicted octanol–water partition coefficient (Wildman–Crippen LogP) is 3.10. The molecule has 0 fully saturated rings. The SMILES string of the molecule is CC(C)(C)CC(CO)NC(=O)c1cc2cc(F)ccc2o1. The summed E-state index contributed by atoms with van der Waals surface area (Å²) >= 11 is 0. The molecule has 0 saturated heterocycles. The van der Waals surface area contributed by atoms with Crippen molar-refractivity contribution in [3.8, 4) is 0 Å². The predicted molar refractivity (Wildman–Crippen MR) is 78.6 cm³/mol. The first kappa shape index (κ1) is 15.5. The summed E-state index contributed by atoms with van der Waals surface area (Å²) in [4.78, 5) is 12.1. The first-order valence-corrected chi connectivity index (χ1v) is 6.89. The van der Waals surface area contributed by atoms with E-state index < -0.39 is 5.91 Å². The minimum Gasteiger partial charge on any atom is -0.451 e. The van der Waals surface area contributed by atoms with Crippen LogP contribution in [0.3, 0.4) is 0 Å². The quantitative estimate of drug-likeness (QED) is 0.910. The van der Waals surface area contributed by atoms with Crippen LogP contribution >= 0.6 is 0 Å². The maximum atomic E-state index is 13.1. The topological polar surface area (TPSA) is 62.5 Å². The summed E-state index contributed by atoms with van der Waals surface area (Å²) in [6.45, 7) is 5.96. The summed E-state index contributed by atoms with van der Waals surface area (Å²) in [5, 5.41) is 12.6. The molecule has 1 heterocycles. The van der Waals surface area contributed by atoms with Gasteiger partial charge < -0.3 is 14.8 Å². The second kappa shape index (κ2) is 5.85. The summed E-state index contributed by atoms with van der Waals surface area (Å²) in [6.07, 6.45) is 0.643. The number of amides is 1. The molecule has 0 aliphatic heterocycles. The number of fused-ring (bicyclic) bond motifs is 1. The molecule has 4 nitrogen and oxygen atoms in total. The van der Waals surface area contributed by atoms with Crippen LogP contribution in [0.5, 0.6) is 0 Å².